The lowest BCUT2D eigenvalue weighted by Gasteiger charge is -2.28. The topological polar surface area (TPSA) is 28.9 Å². The molecular weight excluding hydrogens is 286 g/mol. The summed E-state index contributed by atoms with van der Waals surface area (Å²) < 4.78 is 7.68. The zero-order chi connectivity index (χ0) is 15.6. The number of allylic oxidation sites excluding steroid dienone is 2. The number of aryl methyl sites for hydroxylation is 1. The highest BCUT2D eigenvalue weighted by atomic mass is 16.5. The van der Waals surface area contributed by atoms with Gasteiger partial charge >= 0.3 is 0 Å². The van der Waals surface area contributed by atoms with Gasteiger partial charge in [-0.05, 0) is 42.3 Å². The Balaban J connectivity index is 1.57. The standard InChI is InChI=1S/C19H23N3O/c1-15-12-17-4-2-3-7-22(17)19(15)18-6-5-16(13-20-18)14-21-8-10-23-11-9-21/h2-7,12,20H,8-11,13-14H2,1H3. The summed E-state index contributed by atoms with van der Waals surface area (Å²) in [5, 5.41) is 3.61. The molecule has 120 valence electrons. The highest BCUT2D eigenvalue weighted by Crippen LogP contribution is 2.24. The first kappa shape index (κ1) is 14.5. The van der Waals surface area contributed by atoms with Crippen LogP contribution in [0.4, 0.5) is 0 Å². The fourth-order valence-corrected chi connectivity index (χ4v) is 3.45. The number of pyridine rings is 1. The zero-order valence-electron chi connectivity index (χ0n) is 13.6. The minimum absolute atomic E-state index is 0.858. The van der Waals surface area contributed by atoms with Crippen LogP contribution in [0.3, 0.4) is 0 Å². The number of aromatic nitrogens is 1. The lowest BCUT2D eigenvalue weighted by Crippen LogP contribution is -2.39. The van der Waals surface area contributed by atoms with Gasteiger partial charge in [0.2, 0.25) is 0 Å². The highest BCUT2D eigenvalue weighted by molar-refractivity contribution is 5.72. The molecule has 0 atom stereocenters. The number of ether oxygens (including phenoxy) is 1. The van der Waals surface area contributed by atoms with Gasteiger partial charge in [-0.2, -0.15) is 0 Å². The molecule has 0 saturated carbocycles. The smallest absolute Gasteiger partial charge is 0.0718 e. The number of morpholine rings is 1. The first-order valence-electron chi connectivity index (χ1n) is 8.32. The quantitative estimate of drug-likeness (QED) is 0.944. The third-order valence-electron chi connectivity index (χ3n) is 4.65. The zero-order valence-corrected chi connectivity index (χ0v) is 13.6. The summed E-state index contributed by atoms with van der Waals surface area (Å²) in [5.74, 6) is 0. The van der Waals surface area contributed by atoms with Gasteiger partial charge in [0.1, 0.15) is 0 Å². The van der Waals surface area contributed by atoms with E-state index in [2.05, 4.69) is 64.2 Å². The van der Waals surface area contributed by atoms with E-state index in [1.165, 1.54) is 28.0 Å². The van der Waals surface area contributed by atoms with Crippen LogP contribution in [0, 0.1) is 6.92 Å². The summed E-state index contributed by atoms with van der Waals surface area (Å²) in [7, 11) is 0. The summed E-state index contributed by atoms with van der Waals surface area (Å²) in [6.45, 7) is 7.93. The molecule has 4 nitrogen and oxygen atoms in total. The fraction of sp³-hybridized carbons (Fsp3) is 0.368. The number of nitrogens with zero attached hydrogens (tertiary/aromatic N) is 2. The molecule has 23 heavy (non-hydrogen) atoms. The summed E-state index contributed by atoms with van der Waals surface area (Å²) in [6.07, 6.45) is 6.64. The van der Waals surface area contributed by atoms with Gasteiger partial charge < -0.3 is 14.5 Å². The van der Waals surface area contributed by atoms with E-state index in [0.717, 1.165) is 39.4 Å². The van der Waals surface area contributed by atoms with Crippen molar-refractivity contribution in [2.75, 3.05) is 39.4 Å². The Morgan fingerprint density at radius 1 is 1.17 bits per heavy atom. The molecule has 1 fully saturated rings. The molecule has 2 aromatic rings. The van der Waals surface area contributed by atoms with Crippen LogP contribution in [0.5, 0.6) is 0 Å². The summed E-state index contributed by atoms with van der Waals surface area (Å²) in [6, 6.07) is 8.56. The van der Waals surface area contributed by atoms with Crippen molar-refractivity contribution in [3.63, 3.8) is 0 Å². The van der Waals surface area contributed by atoms with Crippen molar-refractivity contribution in [1.82, 2.24) is 14.6 Å². The van der Waals surface area contributed by atoms with E-state index in [-0.39, 0.29) is 0 Å². The molecule has 1 saturated heterocycles. The van der Waals surface area contributed by atoms with E-state index >= 15 is 0 Å². The Morgan fingerprint density at radius 3 is 2.83 bits per heavy atom. The molecule has 4 rings (SSSR count). The minimum Gasteiger partial charge on any atom is -0.380 e. The lowest BCUT2D eigenvalue weighted by atomic mass is 10.1. The van der Waals surface area contributed by atoms with Crippen molar-refractivity contribution >= 4 is 11.2 Å². The number of rotatable bonds is 3. The van der Waals surface area contributed by atoms with Gasteiger partial charge in [0, 0.05) is 37.9 Å². The second-order valence-corrected chi connectivity index (χ2v) is 6.32. The minimum atomic E-state index is 0.858. The predicted octanol–water partition coefficient (Wildman–Crippen LogP) is 2.45. The van der Waals surface area contributed by atoms with Crippen molar-refractivity contribution in [1.29, 1.82) is 0 Å². The molecule has 0 aliphatic carbocycles. The molecule has 0 aromatic carbocycles. The Labute approximate surface area is 137 Å². The van der Waals surface area contributed by atoms with Crippen LogP contribution in [-0.4, -0.2) is 48.7 Å². The van der Waals surface area contributed by atoms with Crippen LogP contribution >= 0.6 is 0 Å². The Hall–Kier alpha value is -2.04. The van der Waals surface area contributed by atoms with Crippen LogP contribution in [0.1, 0.15) is 11.3 Å². The SMILES string of the molecule is Cc1cc2ccccn2c1C1=CC=C(CN2CCOCC2)CN1. The van der Waals surface area contributed by atoms with Gasteiger partial charge in [-0.3, -0.25) is 4.90 Å². The highest BCUT2D eigenvalue weighted by Gasteiger charge is 2.16. The molecule has 0 spiro atoms. The van der Waals surface area contributed by atoms with Crippen LogP contribution < -0.4 is 5.32 Å². The van der Waals surface area contributed by atoms with Crippen molar-refractivity contribution in [3.05, 3.63) is 59.4 Å². The van der Waals surface area contributed by atoms with Crippen molar-refractivity contribution in [3.8, 4) is 0 Å². The lowest BCUT2D eigenvalue weighted by molar-refractivity contribution is 0.0421. The van der Waals surface area contributed by atoms with Gasteiger partial charge in [0.15, 0.2) is 0 Å². The van der Waals surface area contributed by atoms with E-state index in [4.69, 9.17) is 4.74 Å². The van der Waals surface area contributed by atoms with E-state index in [0.29, 0.717) is 0 Å². The predicted molar refractivity (Wildman–Crippen MR) is 93.5 cm³/mol. The molecule has 0 radical (unpaired) electrons. The third kappa shape index (κ3) is 2.92. The summed E-state index contributed by atoms with van der Waals surface area (Å²) in [4.78, 5) is 2.47. The van der Waals surface area contributed by atoms with E-state index in [9.17, 15) is 0 Å². The maximum atomic E-state index is 5.42. The Kier molecular flexibility index (Phi) is 3.93. The molecule has 2 aromatic heterocycles. The van der Waals surface area contributed by atoms with Gasteiger partial charge in [-0.25, -0.2) is 0 Å². The molecule has 0 unspecified atom stereocenters. The van der Waals surface area contributed by atoms with Crippen LogP contribution in [0.15, 0.2) is 48.2 Å². The first-order chi connectivity index (χ1) is 11.3. The average Bonchev–Trinajstić information content (AvgIpc) is 2.92. The maximum absolute atomic E-state index is 5.42. The maximum Gasteiger partial charge on any atom is 0.0718 e. The molecule has 4 heteroatoms. The van der Waals surface area contributed by atoms with Gasteiger partial charge in [-0.15, -0.1) is 0 Å². The number of fused-ring (bicyclic) bond motifs is 1. The van der Waals surface area contributed by atoms with Crippen LogP contribution in [-0.2, 0) is 4.74 Å². The molecular formula is C19H23N3O. The normalized spacial score (nSPS) is 19.3. The summed E-state index contributed by atoms with van der Waals surface area (Å²) in [5.41, 5.74) is 6.46. The summed E-state index contributed by atoms with van der Waals surface area (Å²) >= 11 is 0. The van der Waals surface area contributed by atoms with Crippen LogP contribution in [0.25, 0.3) is 11.2 Å². The molecule has 0 bridgehead atoms. The fourth-order valence-electron chi connectivity index (χ4n) is 3.45. The molecule has 4 heterocycles. The van der Waals surface area contributed by atoms with Gasteiger partial charge in [0.25, 0.3) is 0 Å². The first-order valence-corrected chi connectivity index (χ1v) is 8.32. The average molecular weight is 309 g/mol. The van der Waals surface area contributed by atoms with Crippen molar-refractivity contribution in [2.45, 2.75) is 6.92 Å². The molecule has 1 N–H and O–H groups in total. The number of dihydropyridines is 1. The van der Waals surface area contributed by atoms with E-state index in [1.807, 2.05) is 0 Å². The largest absolute Gasteiger partial charge is 0.380 e. The number of nitrogens with one attached hydrogen (secondary N) is 1. The molecule has 2 aliphatic rings. The monoisotopic (exact) mass is 309 g/mol. The third-order valence-corrected chi connectivity index (χ3v) is 4.65. The number of hydrogen-bond acceptors (Lipinski definition) is 3. The Bertz CT molecular complexity index is 766. The van der Waals surface area contributed by atoms with Gasteiger partial charge in [0.05, 0.1) is 24.6 Å². The van der Waals surface area contributed by atoms with Crippen LogP contribution in [0.2, 0.25) is 0 Å². The van der Waals surface area contributed by atoms with Gasteiger partial charge in [-0.1, -0.05) is 12.1 Å². The van der Waals surface area contributed by atoms with Crippen molar-refractivity contribution in [2.24, 2.45) is 0 Å². The second kappa shape index (κ2) is 6.22. The van der Waals surface area contributed by atoms with E-state index in [1.54, 1.807) is 0 Å². The van der Waals surface area contributed by atoms with E-state index < -0.39 is 0 Å². The number of hydrogen-bond donors (Lipinski definition) is 1. The molecule has 2 aliphatic heterocycles. The van der Waals surface area contributed by atoms with Crippen molar-refractivity contribution < 1.29 is 4.74 Å². The molecule has 0 amide bonds. The second-order valence-electron chi connectivity index (χ2n) is 6.32. The Morgan fingerprint density at radius 2 is 2.04 bits per heavy atom.